The average Bonchev–Trinajstić information content (AvgIpc) is 2.78. The summed E-state index contributed by atoms with van der Waals surface area (Å²) in [7, 11) is -3.65. The van der Waals surface area contributed by atoms with Crippen molar-refractivity contribution in [3.8, 4) is 0 Å². The number of rotatable bonds is 11. The number of nitrogens with one attached hydrogen (secondary N) is 2. The molecule has 0 bridgehead atoms. The Morgan fingerprint density at radius 1 is 0.844 bits per heavy atom. The fourth-order valence-electron chi connectivity index (χ4n) is 3.05. The molecule has 3 aromatic rings. The summed E-state index contributed by atoms with van der Waals surface area (Å²) in [5, 5.41) is 2.81. The van der Waals surface area contributed by atoms with E-state index in [1.807, 2.05) is 25.1 Å². The molecule has 168 valence electrons. The Hall–Kier alpha value is -3.16. The van der Waals surface area contributed by atoms with Crippen molar-refractivity contribution in [2.24, 2.45) is 0 Å². The van der Waals surface area contributed by atoms with Gasteiger partial charge < -0.3 is 10.1 Å². The van der Waals surface area contributed by atoms with Crippen molar-refractivity contribution >= 4 is 27.3 Å². The van der Waals surface area contributed by atoms with Crippen LogP contribution in [0.2, 0.25) is 0 Å². The lowest BCUT2D eigenvalue weighted by Crippen LogP contribution is -2.14. The van der Waals surface area contributed by atoms with Crippen molar-refractivity contribution in [3.63, 3.8) is 0 Å². The Kier molecular flexibility index (Phi) is 8.41. The lowest BCUT2D eigenvalue weighted by Gasteiger charge is -2.10. The number of ether oxygens (including phenoxy) is 1. The molecule has 0 saturated heterocycles. The number of sulfonamides is 1. The van der Waals surface area contributed by atoms with E-state index < -0.39 is 10.0 Å². The van der Waals surface area contributed by atoms with Crippen molar-refractivity contribution in [1.29, 1.82) is 0 Å². The SMILES string of the molecule is Cc1ccc(S(=O)(=O)Nc2ccc(NC(=O)CCCOCCc3ccccc3)cc2)cc1. The van der Waals surface area contributed by atoms with Gasteiger partial charge in [-0.2, -0.15) is 0 Å². The van der Waals surface area contributed by atoms with Crippen LogP contribution in [0.25, 0.3) is 0 Å². The maximum atomic E-state index is 12.5. The molecule has 1 amide bonds. The van der Waals surface area contributed by atoms with Crippen LogP contribution >= 0.6 is 0 Å². The fraction of sp³-hybridized carbons (Fsp3) is 0.240. The van der Waals surface area contributed by atoms with Crippen LogP contribution in [-0.2, 0) is 26.0 Å². The zero-order valence-corrected chi connectivity index (χ0v) is 18.9. The highest BCUT2D eigenvalue weighted by atomic mass is 32.2. The Balaban J connectivity index is 1.38. The van der Waals surface area contributed by atoms with Gasteiger partial charge in [0.15, 0.2) is 0 Å². The summed E-state index contributed by atoms with van der Waals surface area (Å²) in [5.41, 5.74) is 3.26. The molecule has 0 fully saturated rings. The molecule has 0 radical (unpaired) electrons. The third-order valence-electron chi connectivity index (χ3n) is 4.82. The number of hydrogen-bond acceptors (Lipinski definition) is 4. The van der Waals surface area contributed by atoms with Crippen molar-refractivity contribution in [2.45, 2.75) is 31.1 Å². The standard InChI is InChI=1S/C25H28N2O4S/c1-20-9-15-24(16-10-20)32(29,30)27-23-13-11-22(12-14-23)26-25(28)8-5-18-31-19-17-21-6-3-2-4-7-21/h2-4,6-7,9-16,27H,5,8,17-19H2,1H3,(H,26,28). The van der Waals surface area contributed by atoms with E-state index in [4.69, 9.17) is 4.74 Å². The molecule has 0 aliphatic heterocycles. The molecule has 6 nitrogen and oxygen atoms in total. The third-order valence-corrected chi connectivity index (χ3v) is 6.22. The van der Waals surface area contributed by atoms with Gasteiger partial charge in [-0.15, -0.1) is 0 Å². The summed E-state index contributed by atoms with van der Waals surface area (Å²) in [6, 6.07) is 23.3. The van der Waals surface area contributed by atoms with Gasteiger partial charge in [0.2, 0.25) is 5.91 Å². The topological polar surface area (TPSA) is 84.5 Å². The molecule has 0 aromatic heterocycles. The van der Waals surface area contributed by atoms with E-state index in [1.54, 1.807) is 48.5 Å². The first-order chi connectivity index (χ1) is 15.4. The van der Waals surface area contributed by atoms with Crippen LogP contribution in [-0.4, -0.2) is 27.5 Å². The van der Waals surface area contributed by atoms with Gasteiger partial charge in [0.1, 0.15) is 0 Å². The number of carbonyl (C=O) groups excluding carboxylic acids is 1. The molecule has 7 heteroatoms. The van der Waals surface area contributed by atoms with Crippen molar-refractivity contribution in [2.75, 3.05) is 23.3 Å². The van der Waals surface area contributed by atoms with Crippen molar-refractivity contribution in [1.82, 2.24) is 0 Å². The summed E-state index contributed by atoms with van der Waals surface area (Å²) in [4.78, 5) is 12.3. The van der Waals surface area contributed by atoms with E-state index in [0.29, 0.717) is 37.4 Å². The van der Waals surface area contributed by atoms with Gasteiger partial charge in [-0.1, -0.05) is 48.0 Å². The summed E-state index contributed by atoms with van der Waals surface area (Å²) in [6.45, 7) is 3.06. The molecule has 0 spiro atoms. The second-order valence-corrected chi connectivity index (χ2v) is 9.18. The van der Waals surface area contributed by atoms with Crippen LogP contribution in [0.15, 0.2) is 83.8 Å². The van der Waals surface area contributed by atoms with Crippen LogP contribution in [0.4, 0.5) is 11.4 Å². The fourth-order valence-corrected chi connectivity index (χ4v) is 4.11. The van der Waals surface area contributed by atoms with Gasteiger partial charge in [0, 0.05) is 24.4 Å². The van der Waals surface area contributed by atoms with Gasteiger partial charge in [-0.05, 0) is 61.7 Å². The van der Waals surface area contributed by atoms with Crippen LogP contribution < -0.4 is 10.0 Å². The predicted octanol–water partition coefficient (Wildman–Crippen LogP) is 4.77. The van der Waals surface area contributed by atoms with E-state index in [1.165, 1.54) is 5.56 Å². The normalized spacial score (nSPS) is 11.2. The Labute approximate surface area is 189 Å². The number of amides is 1. The molecule has 32 heavy (non-hydrogen) atoms. The quantitative estimate of drug-likeness (QED) is 0.410. The highest BCUT2D eigenvalue weighted by molar-refractivity contribution is 7.92. The van der Waals surface area contributed by atoms with Gasteiger partial charge in [-0.25, -0.2) is 8.42 Å². The van der Waals surface area contributed by atoms with Crippen LogP contribution in [0.1, 0.15) is 24.0 Å². The van der Waals surface area contributed by atoms with Crippen LogP contribution in [0.3, 0.4) is 0 Å². The smallest absolute Gasteiger partial charge is 0.261 e. The second-order valence-electron chi connectivity index (χ2n) is 7.50. The molecule has 0 unspecified atom stereocenters. The molecular formula is C25H28N2O4S. The number of carbonyl (C=O) groups is 1. The number of anilines is 2. The average molecular weight is 453 g/mol. The second kappa shape index (κ2) is 11.5. The van der Waals surface area contributed by atoms with E-state index in [0.717, 1.165) is 12.0 Å². The molecular weight excluding hydrogens is 424 g/mol. The third kappa shape index (κ3) is 7.51. The minimum absolute atomic E-state index is 0.107. The molecule has 0 heterocycles. The van der Waals surface area contributed by atoms with Crippen molar-refractivity contribution in [3.05, 3.63) is 90.0 Å². The van der Waals surface area contributed by atoms with Gasteiger partial charge >= 0.3 is 0 Å². The molecule has 2 N–H and O–H groups in total. The highest BCUT2D eigenvalue weighted by Gasteiger charge is 2.13. The van der Waals surface area contributed by atoms with Crippen molar-refractivity contribution < 1.29 is 17.9 Å². The Morgan fingerprint density at radius 2 is 1.50 bits per heavy atom. The number of aryl methyl sites for hydroxylation is 1. The largest absolute Gasteiger partial charge is 0.381 e. The first-order valence-corrected chi connectivity index (χ1v) is 12.0. The number of benzene rings is 3. The Bertz CT molecular complexity index is 1100. The number of hydrogen-bond donors (Lipinski definition) is 2. The maximum Gasteiger partial charge on any atom is 0.261 e. The van der Waals surface area contributed by atoms with E-state index in [2.05, 4.69) is 22.2 Å². The molecule has 3 aromatic carbocycles. The van der Waals surface area contributed by atoms with Gasteiger partial charge in [0.25, 0.3) is 10.0 Å². The molecule has 3 rings (SSSR count). The predicted molar refractivity (Wildman–Crippen MR) is 127 cm³/mol. The van der Waals surface area contributed by atoms with E-state index in [-0.39, 0.29) is 10.8 Å². The van der Waals surface area contributed by atoms with Crippen LogP contribution in [0, 0.1) is 6.92 Å². The Morgan fingerprint density at radius 3 is 2.19 bits per heavy atom. The minimum atomic E-state index is -3.65. The first kappa shape index (κ1) is 23.5. The summed E-state index contributed by atoms with van der Waals surface area (Å²) in [5.74, 6) is -0.107. The molecule has 0 saturated carbocycles. The lowest BCUT2D eigenvalue weighted by molar-refractivity contribution is -0.116. The molecule has 0 atom stereocenters. The molecule has 0 aliphatic rings. The summed E-state index contributed by atoms with van der Waals surface area (Å²) < 4.78 is 33.1. The highest BCUT2D eigenvalue weighted by Crippen LogP contribution is 2.19. The van der Waals surface area contributed by atoms with Crippen LogP contribution in [0.5, 0.6) is 0 Å². The summed E-state index contributed by atoms with van der Waals surface area (Å²) in [6.07, 6.45) is 1.84. The van der Waals surface area contributed by atoms with Gasteiger partial charge in [-0.3, -0.25) is 9.52 Å². The van der Waals surface area contributed by atoms with Gasteiger partial charge in [0.05, 0.1) is 11.5 Å². The van der Waals surface area contributed by atoms with E-state index >= 15 is 0 Å². The lowest BCUT2D eigenvalue weighted by atomic mass is 10.2. The molecule has 0 aliphatic carbocycles. The zero-order valence-electron chi connectivity index (χ0n) is 18.1. The van der Waals surface area contributed by atoms with E-state index in [9.17, 15) is 13.2 Å². The maximum absolute atomic E-state index is 12.5. The monoisotopic (exact) mass is 452 g/mol. The zero-order chi connectivity index (χ0) is 22.8. The summed E-state index contributed by atoms with van der Waals surface area (Å²) >= 11 is 0. The minimum Gasteiger partial charge on any atom is -0.381 e. The first-order valence-electron chi connectivity index (χ1n) is 10.5.